The van der Waals surface area contributed by atoms with Gasteiger partial charge in [0, 0.05) is 6.04 Å². The van der Waals surface area contributed by atoms with Gasteiger partial charge in [-0.3, -0.25) is 0 Å². The lowest BCUT2D eigenvalue weighted by Crippen LogP contribution is -2.36. The van der Waals surface area contributed by atoms with E-state index in [2.05, 4.69) is 4.72 Å². The second kappa shape index (κ2) is 5.59. The fraction of sp³-hybridized carbons (Fsp3) is 0.571. The summed E-state index contributed by atoms with van der Waals surface area (Å²) in [5.74, 6) is 0.0673. The normalized spacial score (nSPS) is 24.4. The predicted octanol–water partition coefficient (Wildman–Crippen LogP) is 2.71. The molecular formula is C14H20FNO2S. The Bertz CT molecular complexity index is 549. The van der Waals surface area contributed by atoms with Crippen LogP contribution in [0.25, 0.3) is 0 Å². The van der Waals surface area contributed by atoms with E-state index in [-0.39, 0.29) is 17.8 Å². The fourth-order valence-electron chi connectivity index (χ4n) is 2.79. The van der Waals surface area contributed by atoms with Crippen LogP contribution in [-0.2, 0) is 10.0 Å². The lowest BCUT2D eigenvalue weighted by Gasteiger charge is -2.29. The van der Waals surface area contributed by atoms with Crippen molar-refractivity contribution in [1.29, 1.82) is 0 Å². The Balaban J connectivity index is 2.00. The molecule has 0 unspecified atom stereocenters. The summed E-state index contributed by atoms with van der Waals surface area (Å²) in [5.41, 5.74) is 1.69. The molecule has 1 aromatic rings. The Kier molecular flexibility index (Phi) is 4.26. The van der Waals surface area contributed by atoms with Gasteiger partial charge in [-0.15, -0.1) is 0 Å². The van der Waals surface area contributed by atoms with Crippen molar-refractivity contribution in [2.45, 2.75) is 44.6 Å². The van der Waals surface area contributed by atoms with Gasteiger partial charge in [0.2, 0.25) is 10.0 Å². The second-order valence-electron chi connectivity index (χ2n) is 5.46. The highest BCUT2D eigenvalue weighted by atomic mass is 32.2. The lowest BCUT2D eigenvalue weighted by atomic mass is 9.81. The molecule has 0 bridgehead atoms. The van der Waals surface area contributed by atoms with Gasteiger partial charge in [-0.05, 0) is 55.7 Å². The van der Waals surface area contributed by atoms with E-state index in [0.29, 0.717) is 0 Å². The molecular weight excluding hydrogens is 265 g/mol. The van der Waals surface area contributed by atoms with Crippen LogP contribution in [-0.4, -0.2) is 20.7 Å². The van der Waals surface area contributed by atoms with E-state index in [1.165, 1.54) is 6.26 Å². The molecule has 19 heavy (non-hydrogen) atoms. The highest BCUT2D eigenvalue weighted by Gasteiger charge is 2.25. The molecule has 0 radical (unpaired) electrons. The molecule has 1 aliphatic carbocycles. The standard InChI is InChI=1S/C14H20FNO2S/c1-10-3-8-13(14(15)9-10)11-4-6-12(7-5-11)16-19(2,17)18/h3,8-9,11-12,16H,4-7H2,1-2H3. The first-order valence-electron chi connectivity index (χ1n) is 6.58. The smallest absolute Gasteiger partial charge is 0.208 e. The van der Waals surface area contributed by atoms with Crippen LogP contribution in [0.15, 0.2) is 18.2 Å². The Morgan fingerprint density at radius 2 is 1.84 bits per heavy atom. The van der Waals surface area contributed by atoms with E-state index in [4.69, 9.17) is 0 Å². The van der Waals surface area contributed by atoms with Crippen molar-refractivity contribution in [3.8, 4) is 0 Å². The van der Waals surface area contributed by atoms with Crippen LogP contribution in [0.5, 0.6) is 0 Å². The number of benzene rings is 1. The third-order valence-electron chi connectivity index (χ3n) is 3.70. The zero-order valence-corrected chi connectivity index (χ0v) is 12.1. The molecule has 0 aromatic heterocycles. The van der Waals surface area contributed by atoms with Gasteiger partial charge in [-0.25, -0.2) is 17.5 Å². The average Bonchev–Trinajstić information content (AvgIpc) is 2.28. The van der Waals surface area contributed by atoms with Gasteiger partial charge in [0.25, 0.3) is 0 Å². The summed E-state index contributed by atoms with van der Waals surface area (Å²) in [4.78, 5) is 0. The van der Waals surface area contributed by atoms with Gasteiger partial charge in [0.05, 0.1) is 6.26 Å². The summed E-state index contributed by atoms with van der Waals surface area (Å²) in [6.45, 7) is 1.87. The molecule has 0 heterocycles. The molecule has 0 saturated heterocycles. The highest BCUT2D eigenvalue weighted by molar-refractivity contribution is 7.88. The number of rotatable bonds is 3. The number of sulfonamides is 1. The Morgan fingerprint density at radius 3 is 2.37 bits per heavy atom. The number of aryl methyl sites for hydroxylation is 1. The average molecular weight is 285 g/mol. The minimum absolute atomic E-state index is 0.000223. The van der Waals surface area contributed by atoms with E-state index < -0.39 is 10.0 Å². The van der Waals surface area contributed by atoms with E-state index in [0.717, 1.165) is 36.8 Å². The molecule has 2 rings (SSSR count). The molecule has 0 amide bonds. The number of hydrogen-bond acceptors (Lipinski definition) is 2. The van der Waals surface area contributed by atoms with Crippen molar-refractivity contribution in [3.63, 3.8) is 0 Å². The van der Waals surface area contributed by atoms with Crippen molar-refractivity contribution >= 4 is 10.0 Å². The maximum absolute atomic E-state index is 13.9. The first-order valence-corrected chi connectivity index (χ1v) is 8.47. The van der Waals surface area contributed by atoms with Crippen LogP contribution < -0.4 is 4.72 Å². The molecule has 0 atom stereocenters. The molecule has 5 heteroatoms. The van der Waals surface area contributed by atoms with Gasteiger partial charge in [0.1, 0.15) is 5.82 Å². The van der Waals surface area contributed by atoms with Gasteiger partial charge in [0.15, 0.2) is 0 Å². The van der Waals surface area contributed by atoms with Crippen molar-refractivity contribution < 1.29 is 12.8 Å². The SMILES string of the molecule is Cc1ccc(C2CCC(NS(C)(=O)=O)CC2)c(F)c1. The molecule has 0 aliphatic heterocycles. The second-order valence-corrected chi connectivity index (χ2v) is 7.24. The molecule has 0 spiro atoms. The monoisotopic (exact) mass is 285 g/mol. The largest absolute Gasteiger partial charge is 0.213 e. The number of hydrogen-bond donors (Lipinski definition) is 1. The van der Waals surface area contributed by atoms with Crippen molar-refractivity contribution in [1.82, 2.24) is 4.72 Å². The van der Waals surface area contributed by atoms with E-state index in [1.54, 1.807) is 6.07 Å². The molecule has 1 N–H and O–H groups in total. The van der Waals surface area contributed by atoms with Gasteiger partial charge < -0.3 is 0 Å². The Morgan fingerprint density at radius 1 is 1.21 bits per heavy atom. The van der Waals surface area contributed by atoms with E-state index >= 15 is 0 Å². The van der Waals surface area contributed by atoms with Crippen LogP contribution in [0, 0.1) is 12.7 Å². The lowest BCUT2D eigenvalue weighted by molar-refractivity contribution is 0.367. The Labute approximate surface area is 114 Å². The van der Waals surface area contributed by atoms with E-state index in [1.807, 2.05) is 19.1 Å². The van der Waals surface area contributed by atoms with Gasteiger partial charge in [-0.1, -0.05) is 12.1 Å². The predicted molar refractivity (Wildman–Crippen MR) is 74.1 cm³/mol. The summed E-state index contributed by atoms with van der Waals surface area (Å²) < 4.78 is 38.9. The zero-order chi connectivity index (χ0) is 14.0. The summed E-state index contributed by atoms with van der Waals surface area (Å²) in [7, 11) is -3.14. The molecule has 1 aliphatic rings. The summed E-state index contributed by atoms with van der Waals surface area (Å²) in [5, 5.41) is 0. The summed E-state index contributed by atoms with van der Waals surface area (Å²) >= 11 is 0. The first kappa shape index (κ1) is 14.5. The molecule has 1 saturated carbocycles. The summed E-state index contributed by atoms with van der Waals surface area (Å²) in [6, 6.07) is 5.36. The van der Waals surface area contributed by atoms with Crippen molar-refractivity contribution in [2.24, 2.45) is 0 Å². The topological polar surface area (TPSA) is 46.2 Å². The van der Waals surface area contributed by atoms with E-state index in [9.17, 15) is 12.8 Å². The van der Waals surface area contributed by atoms with Crippen LogP contribution in [0.3, 0.4) is 0 Å². The van der Waals surface area contributed by atoms with Crippen LogP contribution in [0.4, 0.5) is 4.39 Å². The summed E-state index contributed by atoms with van der Waals surface area (Å²) in [6.07, 6.45) is 4.37. The van der Waals surface area contributed by atoms with Crippen molar-refractivity contribution in [2.75, 3.05) is 6.26 Å². The molecule has 106 valence electrons. The minimum atomic E-state index is -3.14. The third kappa shape index (κ3) is 4.01. The third-order valence-corrected chi connectivity index (χ3v) is 4.47. The molecule has 1 aromatic carbocycles. The number of halogens is 1. The fourth-order valence-corrected chi connectivity index (χ4v) is 3.63. The maximum atomic E-state index is 13.9. The van der Waals surface area contributed by atoms with Crippen LogP contribution >= 0.6 is 0 Å². The maximum Gasteiger partial charge on any atom is 0.208 e. The minimum Gasteiger partial charge on any atom is -0.213 e. The van der Waals surface area contributed by atoms with Crippen LogP contribution in [0.2, 0.25) is 0 Å². The highest BCUT2D eigenvalue weighted by Crippen LogP contribution is 2.34. The quantitative estimate of drug-likeness (QED) is 0.928. The first-order chi connectivity index (χ1) is 8.85. The van der Waals surface area contributed by atoms with Crippen molar-refractivity contribution in [3.05, 3.63) is 35.1 Å². The number of nitrogens with one attached hydrogen (secondary N) is 1. The Hall–Kier alpha value is -0.940. The van der Waals surface area contributed by atoms with Gasteiger partial charge in [-0.2, -0.15) is 0 Å². The van der Waals surface area contributed by atoms with Crippen LogP contribution in [0.1, 0.15) is 42.7 Å². The van der Waals surface area contributed by atoms with Gasteiger partial charge >= 0.3 is 0 Å². The molecule has 1 fully saturated rings. The molecule has 3 nitrogen and oxygen atoms in total. The zero-order valence-electron chi connectivity index (χ0n) is 11.3.